The summed E-state index contributed by atoms with van der Waals surface area (Å²) < 4.78 is 0. The molecule has 0 spiro atoms. The van der Waals surface area contributed by atoms with Gasteiger partial charge in [0.1, 0.15) is 0 Å². The molecule has 0 fully saturated rings. The molecule has 0 saturated heterocycles. The van der Waals surface area contributed by atoms with E-state index in [1.54, 1.807) is 0 Å². The van der Waals surface area contributed by atoms with Crippen molar-refractivity contribution in [1.29, 1.82) is 0 Å². The van der Waals surface area contributed by atoms with E-state index in [-0.39, 0.29) is 80.0 Å². The largest absolute Gasteiger partial charge is 0 e. The Balaban J connectivity index is 0. The zero-order chi connectivity index (χ0) is 0. The molecule has 0 aliphatic heterocycles. The molecule has 0 unspecified atom stereocenters. The van der Waals surface area contributed by atoms with Crippen LogP contribution in [0, 0.1) is 0 Å². The standard InChI is InChI=1S/Al.Nb.Ti.V. The van der Waals surface area contributed by atoms with E-state index in [0.717, 1.165) is 0 Å². The van der Waals surface area contributed by atoms with Crippen molar-refractivity contribution >= 4 is 17.4 Å². The summed E-state index contributed by atoms with van der Waals surface area (Å²) in [5.41, 5.74) is 0. The molecule has 0 atom stereocenters. The fraction of sp³-hybridized carbons (Fsp3) is 0. The van der Waals surface area contributed by atoms with Gasteiger partial charge in [0.2, 0.25) is 0 Å². The topological polar surface area (TPSA) is 0 Å². The average molecular weight is 219 g/mol. The van der Waals surface area contributed by atoms with Crippen LogP contribution in [0.4, 0.5) is 0 Å². The van der Waals surface area contributed by atoms with Gasteiger partial charge in [0.15, 0.2) is 0 Å². The van der Waals surface area contributed by atoms with Crippen LogP contribution in [0.25, 0.3) is 0 Å². The molecule has 17 valence electrons. The maximum Gasteiger partial charge on any atom is 0 e. The summed E-state index contributed by atoms with van der Waals surface area (Å²) in [4.78, 5) is 0. The van der Waals surface area contributed by atoms with Crippen molar-refractivity contribution in [3.8, 4) is 0 Å². The van der Waals surface area contributed by atoms with E-state index in [2.05, 4.69) is 0 Å². The van der Waals surface area contributed by atoms with E-state index in [4.69, 9.17) is 0 Å². The first kappa shape index (κ1) is 30.8. The SMILES string of the molecule is [Al].[Nb].[Ti].[V]. The molecule has 0 amide bonds. The van der Waals surface area contributed by atoms with Gasteiger partial charge in [-0.25, -0.2) is 0 Å². The van der Waals surface area contributed by atoms with Gasteiger partial charge in [-0.2, -0.15) is 0 Å². The quantitative estimate of drug-likeness (QED) is 0.486. The van der Waals surface area contributed by atoms with E-state index in [0.29, 0.717) is 0 Å². The van der Waals surface area contributed by atoms with Gasteiger partial charge < -0.3 is 0 Å². The van der Waals surface area contributed by atoms with Gasteiger partial charge in [0.25, 0.3) is 0 Å². The van der Waals surface area contributed by atoms with Crippen molar-refractivity contribution in [2.45, 2.75) is 0 Å². The van der Waals surface area contributed by atoms with Crippen molar-refractivity contribution in [2.24, 2.45) is 0 Å². The number of hydrogen-bond donors (Lipinski definition) is 0. The fourth-order valence-electron chi connectivity index (χ4n) is 0. The first-order valence-corrected chi connectivity index (χ1v) is 0. The van der Waals surface area contributed by atoms with Gasteiger partial charge >= 0.3 is 0 Å². The minimum absolute atomic E-state index is 0. The van der Waals surface area contributed by atoms with Gasteiger partial charge in [0.05, 0.1) is 0 Å². The molecule has 0 nitrogen and oxygen atoms in total. The van der Waals surface area contributed by atoms with Crippen LogP contribution in [0.1, 0.15) is 0 Å². The van der Waals surface area contributed by atoms with Gasteiger partial charge in [-0.15, -0.1) is 0 Å². The predicted molar refractivity (Wildman–Crippen MR) is 5.75 cm³/mol. The third-order valence-corrected chi connectivity index (χ3v) is 0. The van der Waals surface area contributed by atoms with Gasteiger partial charge in [-0.05, 0) is 0 Å². The Labute approximate surface area is 78.9 Å². The number of hydrogen-bond acceptors (Lipinski definition) is 0. The molecule has 0 heterocycles. The Bertz CT molecular complexity index is 8.00. The first-order chi connectivity index (χ1) is 0. The summed E-state index contributed by atoms with van der Waals surface area (Å²) in [5, 5.41) is 0. The monoisotopic (exact) mass is 219 g/mol. The van der Waals surface area contributed by atoms with Crippen LogP contribution >= 0.6 is 0 Å². The Morgan fingerprint density at radius 3 is 1.00 bits per heavy atom. The smallest absolute Gasteiger partial charge is 0 e. The maximum atomic E-state index is 0. The number of rotatable bonds is 0. The second kappa shape index (κ2) is 17.6. The van der Waals surface area contributed by atoms with E-state index in [1.807, 2.05) is 0 Å². The fourth-order valence-corrected chi connectivity index (χ4v) is 0. The molecule has 0 aliphatic carbocycles. The van der Waals surface area contributed by atoms with Crippen molar-refractivity contribution < 1.29 is 62.7 Å². The normalized spacial score (nSPS) is 0. The van der Waals surface area contributed by atoms with Crippen LogP contribution in [-0.2, 0) is 62.7 Å². The van der Waals surface area contributed by atoms with Crippen LogP contribution in [0.2, 0.25) is 0 Å². The third kappa shape index (κ3) is 8.82. The van der Waals surface area contributed by atoms with Crippen molar-refractivity contribution in [3.05, 3.63) is 0 Å². The van der Waals surface area contributed by atoms with Crippen LogP contribution in [-0.4, -0.2) is 17.4 Å². The van der Waals surface area contributed by atoms with Crippen LogP contribution in [0.15, 0.2) is 0 Å². The van der Waals surface area contributed by atoms with Crippen LogP contribution in [0.3, 0.4) is 0 Å². The predicted octanol–water partition coefficient (Wildman–Crippen LogP) is -0.388. The Morgan fingerprint density at radius 2 is 1.00 bits per heavy atom. The van der Waals surface area contributed by atoms with E-state index in [1.165, 1.54) is 0 Å². The summed E-state index contributed by atoms with van der Waals surface area (Å²) in [6.07, 6.45) is 0. The molecule has 4 heteroatoms. The molecule has 0 rings (SSSR count). The summed E-state index contributed by atoms with van der Waals surface area (Å²) in [5.74, 6) is 0. The molecule has 0 N–H and O–H groups in total. The van der Waals surface area contributed by atoms with Crippen molar-refractivity contribution in [3.63, 3.8) is 0 Å². The first-order valence-electron chi connectivity index (χ1n) is 0. The molecule has 5 radical (unpaired) electrons. The summed E-state index contributed by atoms with van der Waals surface area (Å²) in [6.45, 7) is 0. The molecule has 0 aromatic carbocycles. The molecule has 0 aliphatic rings. The Morgan fingerprint density at radius 1 is 1.00 bits per heavy atom. The van der Waals surface area contributed by atoms with Gasteiger partial charge in [-0.1, -0.05) is 0 Å². The maximum absolute atomic E-state index is 0. The second-order valence-electron chi connectivity index (χ2n) is 0. The summed E-state index contributed by atoms with van der Waals surface area (Å²) in [6, 6.07) is 0. The molecule has 0 saturated carbocycles. The second-order valence-corrected chi connectivity index (χ2v) is 0. The van der Waals surface area contributed by atoms with Gasteiger partial charge in [0, 0.05) is 80.0 Å². The average Bonchev–Trinajstić information content (AvgIpc) is 0. The van der Waals surface area contributed by atoms with Crippen molar-refractivity contribution in [2.75, 3.05) is 0 Å². The Kier molecular flexibility index (Phi) is 136. The van der Waals surface area contributed by atoms with E-state index < -0.39 is 0 Å². The molecule has 0 bridgehead atoms. The van der Waals surface area contributed by atoms with E-state index >= 15 is 0 Å². The molecular weight excluding hydrogens is 219 g/mol. The molecule has 4 heavy (non-hydrogen) atoms. The third-order valence-electron chi connectivity index (χ3n) is 0. The van der Waals surface area contributed by atoms with Crippen molar-refractivity contribution in [1.82, 2.24) is 0 Å². The zero-order valence-corrected chi connectivity index (χ0v) is 8.28. The van der Waals surface area contributed by atoms with Gasteiger partial charge in [-0.3, -0.25) is 0 Å². The molecular formula is AlNbTiV. The zero-order valence-electron chi connectivity index (χ0n) is 1.97. The minimum atomic E-state index is 0. The van der Waals surface area contributed by atoms with Crippen LogP contribution in [0.5, 0.6) is 0 Å². The molecule has 0 aromatic rings. The summed E-state index contributed by atoms with van der Waals surface area (Å²) >= 11 is 0. The molecule has 0 aromatic heterocycles. The Hall–Kier alpha value is 2.57. The summed E-state index contributed by atoms with van der Waals surface area (Å²) in [7, 11) is 0. The van der Waals surface area contributed by atoms with E-state index in [9.17, 15) is 0 Å². The van der Waals surface area contributed by atoms with Crippen LogP contribution < -0.4 is 0 Å². The minimum Gasteiger partial charge on any atom is 0 e.